The Bertz CT molecular complexity index is 609. The number of hydrogen-bond donors (Lipinski definition) is 1. The molecule has 2 aromatic rings. The Morgan fingerprint density at radius 3 is 2.29 bits per heavy atom. The van der Waals surface area contributed by atoms with Gasteiger partial charge in [0.25, 0.3) is 0 Å². The van der Waals surface area contributed by atoms with Gasteiger partial charge in [0, 0.05) is 12.0 Å². The molecule has 3 unspecified atom stereocenters. The quantitative estimate of drug-likeness (QED) is 0.915. The molecule has 0 saturated heterocycles. The van der Waals surface area contributed by atoms with Crippen molar-refractivity contribution < 1.29 is 19.0 Å². The summed E-state index contributed by atoms with van der Waals surface area (Å²) in [5.74, 6) is 3.99. The number of furan rings is 1. The lowest BCUT2D eigenvalue weighted by Gasteiger charge is -2.12. The molecule has 1 aromatic heterocycles. The first-order valence-corrected chi connectivity index (χ1v) is 7.13. The second-order valence-electron chi connectivity index (χ2n) is 5.61. The third-order valence-corrected chi connectivity index (χ3v) is 4.08. The average molecular weight is 288 g/mol. The van der Waals surface area contributed by atoms with E-state index in [2.05, 4.69) is 6.92 Å². The third-order valence-electron chi connectivity index (χ3n) is 4.08. The first-order valence-electron chi connectivity index (χ1n) is 7.13. The fraction of sp³-hybridized carbons (Fsp3) is 0.412. The van der Waals surface area contributed by atoms with Gasteiger partial charge in [0.15, 0.2) is 0 Å². The van der Waals surface area contributed by atoms with E-state index >= 15 is 0 Å². The maximum absolute atomic E-state index is 10.5. The highest BCUT2D eigenvalue weighted by molar-refractivity contribution is 5.41. The van der Waals surface area contributed by atoms with Crippen LogP contribution in [-0.4, -0.2) is 19.3 Å². The molecule has 1 heterocycles. The van der Waals surface area contributed by atoms with E-state index in [1.165, 1.54) is 0 Å². The lowest BCUT2D eigenvalue weighted by molar-refractivity contribution is 0.186. The zero-order chi connectivity index (χ0) is 15.0. The van der Waals surface area contributed by atoms with Gasteiger partial charge in [-0.1, -0.05) is 6.92 Å². The number of aliphatic hydroxyl groups excluding tert-OH is 1. The Morgan fingerprint density at radius 1 is 1.14 bits per heavy atom. The number of hydrogen-bond acceptors (Lipinski definition) is 4. The van der Waals surface area contributed by atoms with Crippen LogP contribution in [0, 0.1) is 5.92 Å². The highest BCUT2D eigenvalue weighted by Crippen LogP contribution is 2.47. The average Bonchev–Trinajstić information content (AvgIpc) is 3.04. The molecule has 1 N–H and O–H groups in total. The Kier molecular flexibility index (Phi) is 3.64. The molecule has 1 aliphatic rings. The van der Waals surface area contributed by atoms with Crippen LogP contribution in [0.5, 0.6) is 11.5 Å². The van der Waals surface area contributed by atoms with E-state index in [1.807, 2.05) is 12.1 Å². The zero-order valence-electron chi connectivity index (χ0n) is 12.5. The van der Waals surface area contributed by atoms with Gasteiger partial charge in [-0.05, 0) is 42.2 Å². The van der Waals surface area contributed by atoms with Gasteiger partial charge in [-0.25, -0.2) is 0 Å². The molecule has 0 radical (unpaired) electrons. The standard InChI is InChI=1S/C17H20O4/c1-10-6-14(10)15-4-5-16(21-15)17(18)11-7-12(19-2)9-13(8-11)20-3/h4-5,7-10,14,17-18H,6H2,1-3H3. The van der Waals surface area contributed by atoms with Crippen molar-refractivity contribution in [3.63, 3.8) is 0 Å². The molecule has 4 heteroatoms. The van der Waals surface area contributed by atoms with Crippen LogP contribution in [0.3, 0.4) is 0 Å². The fourth-order valence-electron chi connectivity index (χ4n) is 2.58. The maximum atomic E-state index is 10.5. The van der Waals surface area contributed by atoms with Crippen LogP contribution in [0.15, 0.2) is 34.7 Å². The largest absolute Gasteiger partial charge is 0.497 e. The minimum Gasteiger partial charge on any atom is -0.497 e. The second-order valence-corrected chi connectivity index (χ2v) is 5.61. The van der Waals surface area contributed by atoms with E-state index in [4.69, 9.17) is 13.9 Å². The molecule has 1 aromatic carbocycles. The summed E-state index contributed by atoms with van der Waals surface area (Å²) in [6, 6.07) is 9.15. The van der Waals surface area contributed by atoms with Gasteiger partial charge in [-0.3, -0.25) is 0 Å². The molecule has 3 rings (SSSR count). The molecule has 0 spiro atoms. The summed E-state index contributed by atoms with van der Waals surface area (Å²) in [6.45, 7) is 2.20. The van der Waals surface area contributed by atoms with Gasteiger partial charge in [0.05, 0.1) is 14.2 Å². The molecule has 1 fully saturated rings. The van der Waals surface area contributed by atoms with E-state index in [-0.39, 0.29) is 0 Å². The summed E-state index contributed by atoms with van der Waals surface area (Å²) in [5.41, 5.74) is 0.691. The number of aliphatic hydroxyl groups is 1. The van der Waals surface area contributed by atoms with Crippen LogP contribution < -0.4 is 9.47 Å². The Balaban J connectivity index is 1.87. The minimum atomic E-state index is -0.822. The van der Waals surface area contributed by atoms with Crippen molar-refractivity contribution in [2.45, 2.75) is 25.4 Å². The van der Waals surface area contributed by atoms with Crippen molar-refractivity contribution in [2.24, 2.45) is 5.92 Å². The molecule has 0 bridgehead atoms. The number of methoxy groups -OCH3 is 2. The van der Waals surface area contributed by atoms with Gasteiger partial charge >= 0.3 is 0 Å². The first kappa shape index (κ1) is 14.0. The molecule has 21 heavy (non-hydrogen) atoms. The lowest BCUT2D eigenvalue weighted by Crippen LogP contribution is -2.00. The molecule has 0 aliphatic heterocycles. The maximum Gasteiger partial charge on any atom is 0.137 e. The second kappa shape index (κ2) is 5.45. The van der Waals surface area contributed by atoms with E-state index in [9.17, 15) is 5.11 Å². The molecular formula is C17H20O4. The zero-order valence-corrected chi connectivity index (χ0v) is 12.5. The van der Waals surface area contributed by atoms with Crippen molar-refractivity contribution in [3.05, 3.63) is 47.4 Å². The summed E-state index contributed by atoms with van der Waals surface area (Å²) in [7, 11) is 3.18. The van der Waals surface area contributed by atoms with Crippen LogP contribution in [0.2, 0.25) is 0 Å². The molecule has 1 saturated carbocycles. The number of rotatable bonds is 5. The summed E-state index contributed by atoms with van der Waals surface area (Å²) in [6.07, 6.45) is 0.340. The van der Waals surface area contributed by atoms with Crippen LogP contribution in [0.1, 0.15) is 42.5 Å². The van der Waals surface area contributed by atoms with E-state index < -0.39 is 6.10 Å². The fourth-order valence-corrected chi connectivity index (χ4v) is 2.58. The molecule has 3 atom stereocenters. The summed E-state index contributed by atoms with van der Waals surface area (Å²) in [5, 5.41) is 10.5. The van der Waals surface area contributed by atoms with Crippen molar-refractivity contribution in [1.82, 2.24) is 0 Å². The van der Waals surface area contributed by atoms with Crippen molar-refractivity contribution in [3.8, 4) is 11.5 Å². The van der Waals surface area contributed by atoms with Gasteiger partial charge in [-0.15, -0.1) is 0 Å². The topological polar surface area (TPSA) is 51.8 Å². The Morgan fingerprint density at radius 2 is 1.76 bits per heavy atom. The van der Waals surface area contributed by atoms with Crippen LogP contribution >= 0.6 is 0 Å². The summed E-state index contributed by atoms with van der Waals surface area (Å²) >= 11 is 0. The van der Waals surface area contributed by atoms with Crippen LogP contribution in [0.4, 0.5) is 0 Å². The van der Waals surface area contributed by atoms with E-state index in [0.29, 0.717) is 34.7 Å². The van der Waals surface area contributed by atoms with Crippen LogP contribution in [-0.2, 0) is 0 Å². The monoisotopic (exact) mass is 288 g/mol. The van der Waals surface area contributed by atoms with Gasteiger partial charge in [-0.2, -0.15) is 0 Å². The Hall–Kier alpha value is -1.94. The lowest BCUT2D eigenvalue weighted by atomic mass is 10.1. The normalized spacial score (nSPS) is 21.9. The highest BCUT2D eigenvalue weighted by atomic mass is 16.5. The van der Waals surface area contributed by atoms with Crippen molar-refractivity contribution >= 4 is 0 Å². The molecule has 1 aliphatic carbocycles. The number of benzene rings is 1. The van der Waals surface area contributed by atoms with Crippen molar-refractivity contribution in [2.75, 3.05) is 14.2 Å². The predicted molar refractivity (Wildman–Crippen MR) is 78.8 cm³/mol. The SMILES string of the molecule is COc1cc(OC)cc(C(O)c2ccc(C3CC3C)o2)c1. The molecular weight excluding hydrogens is 268 g/mol. The molecule has 4 nitrogen and oxygen atoms in total. The predicted octanol–water partition coefficient (Wildman–Crippen LogP) is 3.50. The van der Waals surface area contributed by atoms with Crippen LogP contribution in [0.25, 0.3) is 0 Å². The third kappa shape index (κ3) is 2.76. The smallest absolute Gasteiger partial charge is 0.137 e. The van der Waals surface area contributed by atoms with E-state index in [1.54, 1.807) is 32.4 Å². The van der Waals surface area contributed by atoms with Crippen molar-refractivity contribution in [1.29, 1.82) is 0 Å². The van der Waals surface area contributed by atoms with Gasteiger partial charge < -0.3 is 19.0 Å². The summed E-state index contributed by atoms with van der Waals surface area (Å²) in [4.78, 5) is 0. The highest BCUT2D eigenvalue weighted by Gasteiger charge is 2.37. The van der Waals surface area contributed by atoms with Gasteiger partial charge in [0.1, 0.15) is 29.1 Å². The Labute approximate surface area is 124 Å². The van der Waals surface area contributed by atoms with Gasteiger partial charge in [0.2, 0.25) is 0 Å². The summed E-state index contributed by atoms with van der Waals surface area (Å²) < 4.78 is 16.3. The molecule has 0 amide bonds. The first-order chi connectivity index (χ1) is 10.1. The van der Waals surface area contributed by atoms with E-state index in [0.717, 1.165) is 12.2 Å². The minimum absolute atomic E-state index is 0.505. The number of ether oxygens (including phenoxy) is 2. The molecule has 112 valence electrons.